The van der Waals surface area contributed by atoms with Crippen molar-refractivity contribution < 1.29 is 8.81 Å². The maximum absolute atomic E-state index is 13.7. The van der Waals surface area contributed by atoms with Crippen molar-refractivity contribution in [3.8, 4) is 11.3 Å². The lowest BCUT2D eigenvalue weighted by molar-refractivity contribution is 0.490. The van der Waals surface area contributed by atoms with Gasteiger partial charge in [-0.1, -0.05) is 42.5 Å². The number of benzene rings is 2. The summed E-state index contributed by atoms with van der Waals surface area (Å²) in [4.78, 5) is 0. The van der Waals surface area contributed by atoms with Crippen LogP contribution in [0.2, 0.25) is 0 Å². The molecule has 0 aliphatic rings. The topological polar surface area (TPSA) is 25.2 Å². The van der Waals surface area contributed by atoms with Gasteiger partial charge in [-0.3, -0.25) is 0 Å². The van der Waals surface area contributed by atoms with E-state index < -0.39 is 0 Å². The molecule has 2 nitrogen and oxygen atoms in total. The van der Waals surface area contributed by atoms with Crippen molar-refractivity contribution in [2.24, 2.45) is 0 Å². The van der Waals surface area contributed by atoms with Crippen LogP contribution in [0.5, 0.6) is 0 Å². The van der Waals surface area contributed by atoms with E-state index >= 15 is 0 Å². The molecule has 1 heterocycles. The molecule has 21 heavy (non-hydrogen) atoms. The molecule has 0 aliphatic carbocycles. The van der Waals surface area contributed by atoms with Crippen LogP contribution in [0.25, 0.3) is 11.3 Å². The van der Waals surface area contributed by atoms with Crippen molar-refractivity contribution >= 4 is 0 Å². The Labute approximate surface area is 123 Å². The first kappa shape index (κ1) is 13.6. The van der Waals surface area contributed by atoms with Gasteiger partial charge < -0.3 is 9.73 Å². The van der Waals surface area contributed by atoms with E-state index in [0.29, 0.717) is 17.9 Å². The van der Waals surface area contributed by atoms with Gasteiger partial charge in [0.15, 0.2) is 0 Å². The molecule has 0 fully saturated rings. The molecular formula is C18H16FNO. The van der Waals surface area contributed by atoms with Gasteiger partial charge in [-0.2, -0.15) is 0 Å². The Hall–Kier alpha value is -2.39. The second-order valence-electron chi connectivity index (χ2n) is 4.83. The van der Waals surface area contributed by atoms with Gasteiger partial charge in [-0.05, 0) is 29.8 Å². The van der Waals surface area contributed by atoms with E-state index in [1.54, 1.807) is 24.3 Å². The quantitative estimate of drug-likeness (QED) is 0.751. The van der Waals surface area contributed by atoms with E-state index in [-0.39, 0.29) is 5.82 Å². The van der Waals surface area contributed by atoms with Crippen LogP contribution in [0, 0.1) is 5.82 Å². The smallest absolute Gasteiger partial charge is 0.137 e. The van der Waals surface area contributed by atoms with Crippen LogP contribution in [0.3, 0.4) is 0 Å². The molecule has 0 unspecified atom stereocenters. The Morgan fingerprint density at radius 2 is 1.57 bits per heavy atom. The van der Waals surface area contributed by atoms with Crippen molar-refractivity contribution in [1.82, 2.24) is 5.32 Å². The highest BCUT2D eigenvalue weighted by molar-refractivity contribution is 5.58. The SMILES string of the molecule is Fc1ccccc1-c1ccc(CNCc2ccccc2)o1. The van der Waals surface area contributed by atoms with Gasteiger partial charge in [0.2, 0.25) is 0 Å². The predicted molar refractivity (Wildman–Crippen MR) is 81.1 cm³/mol. The minimum Gasteiger partial charge on any atom is -0.460 e. The number of rotatable bonds is 5. The minimum atomic E-state index is -0.268. The van der Waals surface area contributed by atoms with Gasteiger partial charge in [0.1, 0.15) is 17.3 Å². The maximum Gasteiger partial charge on any atom is 0.137 e. The molecule has 0 saturated carbocycles. The van der Waals surface area contributed by atoms with Crippen LogP contribution in [-0.2, 0) is 13.1 Å². The van der Waals surface area contributed by atoms with Crippen LogP contribution < -0.4 is 5.32 Å². The van der Waals surface area contributed by atoms with Gasteiger partial charge in [-0.15, -0.1) is 0 Å². The fourth-order valence-corrected chi connectivity index (χ4v) is 2.20. The molecule has 106 valence electrons. The first-order valence-electron chi connectivity index (χ1n) is 6.91. The third-order valence-electron chi connectivity index (χ3n) is 3.27. The summed E-state index contributed by atoms with van der Waals surface area (Å²) >= 11 is 0. The number of furan rings is 1. The fraction of sp³-hybridized carbons (Fsp3) is 0.111. The van der Waals surface area contributed by atoms with Gasteiger partial charge in [0.05, 0.1) is 12.1 Å². The Morgan fingerprint density at radius 1 is 0.810 bits per heavy atom. The molecule has 0 radical (unpaired) electrons. The minimum absolute atomic E-state index is 0.268. The fourth-order valence-electron chi connectivity index (χ4n) is 2.20. The molecule has 0 saturated heterocycles. The summed E-state index contributed by atoms with van der Waals surface area (Å²) in [5.41, 5.74) is 1.71. The Bertz CT molecular complexity index is 706. The van der Waals surface area contributed by atoms with Crippen LogP contribution in [0.4, 0.5) is 4.39 Å². The Kier molecular flexibility index (Phi) is 4.12. The zero-order chi connectivity index (χ0) is 14.5. The molecule has 2 aromatic carbocycles. The normalized spacial score (nSPS) is 10.7. The second-order valence-corrected chi connectivity index (χ2v) is 4.83. The van der Waals surface area contributed by atoms with Gasteiger partial charge in [0.25, 0.3) is 0 Å². The summed E-state index contributed by atoms with van der Waals surface area (Å²) in [6.45, 7) is 1.39. The summed E-state index contributed by atoms with van der Waals surface area (Å²) in [5, 5.41) is 3.31. The van der Waals surface area contributed by atoms with E-state index in [4.69, 9.17) is 4.42 Å². The molecule has 3 aromatic rings. The summed E-state index contributed by atoms with van der Waals surface area (Å²) in [6, 6.07) is 20.5. The van der Waals surface area contributed by atoms with Crippen LogP contribution >= 0.6 is 0 Å². The first-order chi connectivity index (χ1) is 10.3. The van der Waals surface area contributed by atoms with E-state index in [0.717, 1.165) is 12.3 Å². The summed E-state index contributed by atoms with van der Waals surface area (Å²) in [5.74, 6) is 1.09. The highest BCUT2D eigenvalue weighted by Gasteiger charge is 2.08. The van der Waals surface area contributed by atoms with E-state index in [2.05, 4.69) is 17.4 Å². The van der Waals surface area contributed by atoms with Crippen molar-refractivity contribution in [2.75, 3.05) is 0 Å². The van der Waals surface area contributed by atoms with Crippen molar-refractivity contribution in [1.29, 1.82) is 0 Å². The summed E-state index contributed by atoms with van der Waals surface area (Å²) < 4.78 is 19.4. The predicted octanol–water partition coefficient (Wildman–Crippen LogP) is 4.38. The molecule has 1 N–H and O–H groups in total. The third-order valence-corrected chi connectivity index (χ3v) is 3.27. The van der Waals surface area contributed by atoms with Crippen molar-refractivity contribution in [3.05, 3.63) is 83.9 Å². The van der Waals surface area contributed by atoms with Crippen molar-refractivity contribution in [3.63, 3.8) is 0 Å². The highest BCUT2D eigenvalue weighted by Crippen LogP contribution is 2.24. The lowest BCUT2D eigenvalue weighted by atomic mass is 10.1. The van der Waals surface area contributed by atoms with Crippen LogP contribution in [-0.4, -0.2) is 0 Å². The second kappa shape index (κ2) is 6.37. The lowest BCUT2D eigenvalue weighted by Gasteiger charge is -2.03. The maximum atomic E-state index is 13.7. The largest absolute Gasteiger partial charge is 0.460 e. The average Bonchev–Trinajstić information content (AvgIpc) is 2.97. The molecular weight excluding hydrogens is 265 g/mol. The van der Waals surface area contributed by atoms with Crippen LogP contribution in [0.1, 0.15) is 11.3 Å². The summed E-state index contributed by atoms with van der Waals surface area (Å²) in [6.07, 6.45) is 0. The summed E-state index contributed by atoms with van der Waals surface area (Å²) in [7, 11) is 0. The van der Waals surface area contributed by atoms with Crippen LogP contribution in [0.15, 0.2) is 71.1 Å². The van der Waals surface area contributed by atoms with E-state index in [1.165, 1.54) is 11.6 Å². The lowest BCUT2D eigenvalue weighted by Crippen LogP contribution is -2.11. The van der Waals surface area contributed by atoms with Gasteiger partial charge in [0, 0.05) is 6.54 Å². The number of nitrogens with one attached hydrogen (secondary N) is 1. The van der Waals surface area contributed by atoms with E-state index in [1.807, 2.05) is 24.3 Å². The molecule has 0 atom stereocenters. The Balaban J connectivity index is 1.62. The molecule has 0 amide bonds. The van der Waals surface area contributed by atoms with Gasteiger partial charge >= 0.3 is 0 Å². The average molecular weight is 281 g/mol. The monoisotopic (exact) mass is 281 g/mol. The number of hydrogen-bond acceptors (Lipinski definition) is 2. The first-order valence-corrected chi connectivity index (χ1v) is 6.91. The van der Waals surface area contributed by atoms with Crippen molar-refractivity contribution in [2.45, 2.75) is 13.1 Å². The zero-order valence-corrected chi connectivity index (χ0v) is 11.6. The highest BCUT2D eigenvalue weighted by atomic mass is 19.1. The standard InChI is InChI=1S/C18H16FNO/c19-17-9-5-4-8-16(17)18-11-10-15(21-18)13-20-12-14-6-2-1-3-7-14/h1-11,20H,12-13H2. The van der Waals surface area contributed by atoms with E-state index in [9.17, 15) is 4.39 Å². The molecule has 1 aromatic heterocycles. The Morgan fingerprint density at radius 3 is 2.38 bits per heavy atom. The zero-order valence-electron chi connectivity index (χ0n) is 11.6. The number of halogens is 1. The molecule has 0 spiro atoms. The third kappa shape index (κ3) is 3.38. The molecule has 0 aliphatic heterocycles. The molecule has 0 bridgehead atoms. The van der Waals surface area contributed by atoms with Gasteiger partial charge in [-0.25, -0.2) is 4.39 Å². The number of hydrogen-bond donors (Lipinski definition) is 1. The molecule has 3 heteroatoms. The molecule has 3 rings (SSSR count).